The lowest BCUT2D eigenvalue weighted by atomic mass is 10.1. The van der Waals surface area contributed by atoms with Gasteiger partial charge in [0.15, 0.2) is 0 Å². The molecule has 6 heteroatoms. The van der Waals surface area contributed by atoms with Crippen LogP contribution in [-0.4, -0.2) is 31.1 Å². The zero-order valence-electron chi connectivity index (χ0n) is 10.5. The number of carboxylic acids is 1. The average Bonchev–Trinajstić information content (AvgIpc) is 3.07. The molecule has 20 heavy (non-hydrogen) atoms. The molecule has 0 saturated carbocycles. The number of carbonyl (C=O) groups is 1. The molecule has 3 aromatic rings. The second kappa shape index (κ2) is 5.00. The van der Waals surface area contributed by atoms with Gasteiger partial charge in [-0.2, -0.15) is 10.2 Å². The number of aromatic nitrogens is 4. The minimum Gasteiger partial charge on any atom is -0.478 e. The molecule has 0 aliphatic carbocycles. The first-order valence-corrected chi connectivity index (χ1v) is 6.07. The van der Waals surface area contributed by atoms with E-state index in [4.69, 9.17) is 5.11 Å². The van der Waals surface area contributed by atoms with Crippen LogP contribution < -0.4 is 0 Å². The Morgan fingerprint density at radius 3 is 2.80 bits per heavy atom. The molecule has 0 spiro atoms. The molecule has 0 bridgehead atoms. The summed E-state index contributed by atoms with van der Waals surface area (Å²) in [6.45, 7) is 0.636. The van der Waals surface area contributed by atoms with Crippen LogP contribution in [0.5, 0.6) is 0 Å². The van der Waals surface area contributed by atoms with Crippen LogP contribution in [0, 0.1) is 0 Å². The molecule has 2 heterocycles. The molecule has 3 rings (SSSR count). The molecule has 0 aliphatic rings. The average molecular weight is 268 g/mol. The number of H-pyrrole nitrogens is 1. The van der Waals surface area contributed by atoms with Gasteiger partial charge in [0.05, 0.1) is 24.6 Å². The number of hydrogen-bond acceptors (Lipinski definition) is 3. The van der Waals surface area contributed by atoms with E-state index in [9.17, 15) is 4.79 Å². The fraction of sp³-hybridized carbons (Fsp3) is 0.0714. The molecule has 0 atom stereocenters. The zero-order valence-corrected chi connectivity index (χ0v) is 10.5. The van der Waals surface area contributed by atoms with E-state index in [1.165, 1.54) is 6.20 Å². The Labute approximate surface area is 114 Å². The van der Waals surface area contributed by atoms with Crippen LogP contribution in [0.25, 0.3) is 11.3 Å². The van der Waals surface area contributed by atoms with Crippen LogP contribution in [-0.2, 0) is 6.54 Å². The summed E-state index contributed by atoms with van der Waals surface area (Å²) < 4.78 is 1.76. The number of rotatable bonds is 4. The molecule has 0 unspecified atom stereocenters. The Kier molecular flexibility index (Phi) is 3.04. The minimum absolute atomic E-state index is 0.143. The van der Waals surface area contributed by atoms with Crippen molar-refractivity contribution < 1.29 is 9.90 Å². The molecule has 0 fully saturated rings. The SMILES string of the molecule is O=C(O)c1cn[nH]c1-c1cnn(Cc2ccccc2)c1. The van der Waals surface area contributed by atoms with Gasteiger partial charge in [0.25, 0.3) is 0 Å². The Morgan fingerprint density at radius 2 is 2.05 bits per heavy atom. The second-order valence-electron chi connectivity index (χ2n) is 4.38. The maximum Gasteiger partial charge on any atom is 0.339 e. The lowest BCUT2D eigenvalue weighted by molar-refractivity contribution is 0.0698. The first-order valence-electron chi connectivity index (χ1n) is 6.07. The Bertz CT molecular complexity index is 730. The highest BCUT2D eigenvalue weighted by Gasteiger charge is 2.15. The van der Waals surface area contributed by atoms with Gasteiger partial charge < -0.3 is 5.11 Å². The summed E-state index contributed by atoms with van der Waals surface area (Å²) in [5.41, 5.74) is 2.45. The number of nitrogens with one attached hydrogen (secondary N) is 1. The molecule has 0 amide bonds. The summed E-state index contributed by atoms with van der Waals surface area (Å²) in [7, 11) is 0. The zero-order chi connectivity index (χ0) is 13.9. The van der Waals surface area contributed by atoms with Crippen LogP contribution in [0.4, 0.5) is 0 Å². The molecule has 2 N–H and O–H groups in total. The van der Waals surface area contributed by atoms with E-state index in [2.05, 4.69) is 15.3 Å². The van der Waals surface area contributed by atoms with Crippen molar-refractivity contribution >= 4 is 5.97 Å². The third-order valence-corrected chi connectivity index (χ3v) is 2.98. The van der Waals surface area contributed by atoms with Crippen molar-refractivity contribution in [3.63, 3.8) is 0 Å². The second-order valence-corrected chi connectivity index (χ2v) is 4.38. The van der Waals surface area contributed by atoms with Crippen molar-refractivity contribution in [3.8, 4) is 11.3 Å². The van der Waals surface area contributed by atoms with Crippen LogP contribution in [0.1, 0.15) is 15.9 Å². The van der Waals surface area contributed by atoms with Gasteiger partial charge in [-0.25, -0.2) is 4.79 Å². The van der Waals surface area contributed by atoms with Gasteiger partial charge in [-0.1, -0.05) is 30.3 Å². The van der Waals surface area contributed by atoms with Crippen LogP contribution in [0.15, 0.2) is 48.9 Å². The molecule has 100 valence electrons. The lowest BCUT2D eigenvalue weighted by Crippen LogP contribution is -1.99. The van der Waals surface area contributed by atoms with Gasteiger partial charge in [0.1, 0.15) is 5.56 Å². The van der Waals surface area contributed by atoms with Gasteiger partial charge in [-0.15, -0.1) is 0 Å². The quantitative estimate of drug-likeness (QED) is 0.758. The minimum atomic E-state index is -1.01. The number of carboxylic acid groups (broad SMARTS) is 1. The summed E-state index contributed by atoms with van der Waals surface area (Å²) in [5.74, 6) is -1.01. The van der Waals surface area contributed by atoms with E-state index in [0.717, 1.165) is 5.56 Å². The number of aromatic carboxylic acids is 1. The summed E-state index contributed by atoms with van der Waals surface area (Å²) in [6, 6.07) is 9.93. The van der Waals surface area contributed by atoms with Gasteiger partial charge in [0, 0.05) is 11.8 Å². The van der Waals surface area contributed by atoms with E-state index in [0.29, 0.717) is 17.8 Å². The van der Waals surface area contributed by atoms with Gasteiger partial charge in [0.2, 0.25) is 0 Å². The summed E-state index contributed by atoms with van der Waals surface area (Å²) in [4.78, 5) is 11.1. The molecular weight excluding hydrogens is 256 g/mol. The molecule has 1 aromatic carbocycles. The normalized spacial score (nSPS) is 10.6. The highest BCUT2D eigenvalue weighted by Crippen LogP contribution is 2.20. The number of hydrogen-bond donors (Lipinski definition) is 2. The van der Waals surface area contributed by atoms with Gasteiger partial charge in [-0.3, -0.25) is 9.78 Å². The monoisotopic (exact) mass is 268 g/mol. The highest BCUT2D eigenvalue weighted by atomic mass is 16.4. The van der Waals surface area contributed by atoms with Crippen LogP contribution in [0.3, 0.4) is 0 Å². The van der Waals surface area contributed by atoms with E-state index < -0.39 is 5.97 Å². The topological polar surface area (TPSA) is 83.8 Å². The molecule has 6 nitrogen and oxygen atoms in total. The van der Waals surface area contributed by atoms with Crippen molar-refractivity contribution in [2.75, 3.05) is 0 Å². The van der Waals surface area contributed by atoms with Gasteiger partial charge in [-0.05, 0) is 5.56 Å². The first kappa shape index (κ1) is 12.2. The van der Waals surface area contributed by atoms with E-state index in [1.807, 2.05) is 30.3 Å². The lowest BCUT2D eigenvalue weighted by Gasteiger charge is -2.00. The molecule has 0 radical (unpaired) electrons. The third-order valence-electron chi connectivity index (χ3n) is 2.98. The fourth-order valence-electron chi connectivity index (χ4n) is 2.02. The smallest absolute Gasteiger partial charge is 0.339 e. The standard InChI is InChI=1S/C14H12N4O2/c19-14(20)12-7-15-17-13(12)11-6-16-18(9-11)8-10-4-2-1-3-5-10/h1-7,9H,8H2,(H,15,17)(H,19,20). The Balaban J connectivity index is 1.87. The number of aromatic amines is 1. The molecule has 2 aromatic heterocycles. The maximum absolute atomic E-state index is 11.1. The summed E-state index contributed by atoms with van der Waals surface area (Å²) >= 11 is 0. The number of nitrogens with zero attached hydrogens (tertiary/aromatic N) is 3. The predicted molar refractivity (Wildman–Crippen MR) is 72.3 cm³/mol. The third kappa shape index (κ3) is 2.31. The van der Waals surface area contributed by atoms with E-state index >= 15 is 0 Å². The predicted octanol–water partition coefficient (Wildman–Crippen LogP) is 2.02. The Hall–Kier alpha value is -2.89. The fourth-order valence-corrected chi connectivity index (χ4v) is 2.02. The highest BCUT2D eigenvalue weighted by molar-refractivity contribution is 5.94. The van der Waals surface area contributed by atoms with Crippen molar-refractivity contribution in [3.05, 3.63) is 60.0 Å². The first-order chi connectivity index (χ1) is 9.74. The van der Waals surface area contributed by atoms with Crippen molar-refractivity contribution in [2.45, 2.75) is 6.54 Å². The summed E-state index contributed by atoms with van der Waals surface area (Å²) in [5, 5.41) is 19.8. The van der Waals surface area contributed by atoms with Gasteiger partial charge >= 0.3 is 5.97 Å². The van der Waals surface area contributed by atoms with E-state index in [-0.39, 0.29) is 5.56 Å². The molecular formula is C14H12N4O2. The van der Waals surface area contributed by atoms with Crippen LogP contribution >= 0.6 is 0 Å². The van der Waals surface area contributed by atoms with Crippen molar-refractivity contribution in [2.24, 2.45) is 0 Å². The molecule has 0 aliphatic heterocycles. The Morgan fingerprint density at radius 1 is 1.25 bits per heavy atom. The van der Waals surface area contributed by atoms with Crippen LogP contribution in [0.2, 0.25) is 0 Å². The number of benzene rings is 1. The molecule has 0 saturated heterocycles. The largest absolute Gasteiger partial charge is 0.478 e. The summed E-state index contributed by atoms with van der Waals surface area (Å²) in [6.07, 6.45) is 4.72. The maximum atomic E-state index is 11.1. The van der Waals surface area contributed by atoms with Crippen molar-refractivity contribution in [1.82, 2.24) is 20.0 Å². The van der Waals surface area contributed by atoms with Crippen molar-refractivity contribution in [1.29, 1.82) is 0 Å². The van der Waals surface area contributed by atoms with E-state index in [1.54, 1.807) is 17.1 Å².